The standard InChI is InChI=1S/C47H54ClN7O8S2/c1-30(2)42(44(59)53-27-36(56)23-39(53)43(58)51-25-31-8-10-32(11-9-31)40-26-50-29-65-40)52-41(57)28-62-20-7-19-61-18-5-6-21-63-37-16-14-34(15-17-37)55-46(64)54(45(60)47(55,3)4)35-13-12-33(24-49)38(48)22-35/h8-17,22,26,29-30,36,39,42,56H,5-7,18-21,23,25,27-28H2,1-4H3,(H,51,58)(H,52,57)/t36-,39+,42+/m1/s1. The number of unbranched alkanes of at least 4 members (excludes halogenated alkanes) is 1. The lowest BCUT2D eigenvalue weighted by Gasteiger charge is -2.30. The number of aromatic nitrogens is 1. The van der Waals surface area contributed by atoms with Crippen molar-refractivity contribution in [3.8, 4) is 22.3 Å². The van der Waals surface area contributed by atoms with E-state index in [2.05, 4.69) is 15.6 Å². The Balaban J connectivity index is 0.841. The molecule has 2 saturated heterocycles. The molecule has 0 spiro atoms. The Labute approximate surface area is 393 Å². The highest BCUT2D eigenvalue weighted by Gasteiger charge is 2.50. The molecule has 4 amide bonds. The first-order valence-electron chi connectivity index (χ1n) is 21.5. The second kappa shape index (κ2) is 22.6. The largest absolute Gasteiger partial charge is 0.494 e. The number of benzene rings is 3. The Morgan fingerprint density at radius 3 is 2.37 bits per heavy atom. The van der Waals surface area contributed by atoms with Crippen LogP contribution in [0.4, 0.5) is 11.4 Å². The molecule has 18 heteroatoms. The molecule has 3 atom stereocenters. The van der Waals surface area contributed by atoms with Crippen LogP contribution in [0.25, 0.3) is 10.4 Å². The van der Waals surface area contributed by atoms with Crippen LogP contribution in [0.1, 0.15) is 64.5 Å². The number of thiocarbonyl (C=S) groups is 1. The third kappa shape index (κ3) is 12.3. The Morgan fingerprint density at radius 1 is 1.00 bits per heavy atom. The predicted octanol–water partition coefficient (Wildman–Crippen LogP) is 6.25. The summed E-state index contributed by atoms with van der Waals surface area (Å²) in [5, 5.41) is 25.9. The zero-order chi connectivity index (χ0) is 46.7. The van der Waals surface area contributed by atoms with Crippen LogP contribution >= 0.6 is 35.2 Å². The molecule has 344 valence electrons. The van der Waals surface area contributed by atoms with Crippen molar-refractivity contribution < 1.29 is 38.5 Å². The molecule has 4 aromatic rings. The molecule has 0 saturated carbocycles. The number of ether oxygens (including phenoxy) is 3. The number of carbonyl (C=O) groups excluding carboxylic acids is 4. The maximum Gasteiger partial charge on any atom is 0.259 e. The molecule has 0 unspecified atom stereocenters. The van der Waals surface area contributed by atoms with Crippen LogP contribution < -0.4 is 25.2 Å². The van der Waals surface area contributed by atoms with Crippen molar-refractivity contribution in [3.05, 3.63) is 94.6 Å². The van der Waals surface area contributed by atoms with Crippen molar-refractivity contribution in [1.29, 1.82) is 5.26 Å². The quantitative estimate of drug-likeness (QED) is 0.0631. The van der Waals surface area contributed by atoms with Crippen molar-refractivity contribution in [1.82, 2.24) is 20.5 Å². The topological polar surface area (TPSA) is 187 Å². The van der Waals surface area contributed by atoms with E-state index in [1.807, 2.05) is 68.4 Å². The summed E-state index contributed by atoms with van der Waals surface area (Å²) in [6, 6.07) is 20.2. The summed E-state index contributed by atoms with van der Waals surface area (Å²) in [7, 11) is 0. The first kappa shape index (κ1) is 49.0. The lowest BCUT2D eigenvalue weighted by atomic mass is 10.0. The third-order valence-corrected chi connectivity index (χ3v) is 12.6. The SMILES string of the molecule is CC(C)[C@H](NC(=O)COCCCOCCCCOc1ccc(N2C(=S)N(c3ccc(C#N)c(Cl)c3)C(=O)C2(C)C)cc1)C(=O)N1C[C@H](O)C[C@H]1C(=O)NCc1ccc(-c2cncs2)cc1. The van der Waals surface area contributed by atoms with Crippen LogP contribution in [-0.2, 0) is 35.2 Å². The number of halogens is 1. The number of nitrogens with one attached hydrogen (secondary N) is 2. The average molecular weight is 945 g/mol. The van der Waals surface area contributed by atoms with Crippen molar-refractivity contribution in [2.75, 3.05) is 49.4 Å². The van der Waals surface area contributed by atoms with Gasteiger partial charge >= 0.3 is 0 Å². The van der Waals surface area contributed by atoms with Crippen LogP contribution in [0.5, 0.6) is 5.75 Å². The Kier molecular flexibility index (Phi) is 17.0. The number of nitrogens with zero attached hydrogens (tertiary/aromatic N) is 5. The predicted molar refractivity (Wildman–Crippen MR) is 253 cm³/mol. The zero-order valence-electron chi connectivity index (χ0n) is 36.8. The highest BCUT2D eigenvalue weighted by atomic mass is 35.5. The maximum absolute atomic E-state index is 13.7. The summed E-state index contributed by atoms with van der Waals surface area (Å²) >= 11 is 13.6. The van der Waals surface area contributed by atoms with Crippen molar-refractivity contribution in [2.45, 2.75) is 83.6 Å². The molecule has 3 aromatic carbocycles. The van der Waals surface area contributed by atoms with E-state index in [1.165, 1.54) is 9.80 Å². The Hall–Kier alpha value is -5.48. The van der Waals surface area contributed by atoms with Crippen molar-refractivity contribution in [3.63, 3.8) is 0 Å². The number of amides is 4. The highest BCUT2D eigenvalue weighted by molar-refractivity contribution is 7.81. The highest BCUT2D eigenvalue weighted by Crippen LogP contribution is 2.38. The average Bonchev–Trinajstić information content (AvgIpc) is 4.01. The van der Waals surface area contributed by atoms with Gasteiger partial charge in [0.25, 0.3) is 5.91 Å². The molecule has 65 heavy (non-hydrogen) atoms. The smallest absolute Gasteiger partial charge is 0.259 e. The molecule has 15 nitrogen and oxygen atoms in total. The van der Waals surface area contributed by atoms with Crippen molar-refractivity contribution in [2.24, 2.45) is 5.92 Å². The molecule has 3 heterocycles. The number of aliphatic hydroxyl groups excluding tert-OH is 1. The minimum absolute atomic E-state index is 0.00405. The second-order valence-electron chi connectivity index (χ2n) is 16.6. The van der Waals surface area contributed by atoms with E-state index in [-0.39, 0.29) is 55.5 Å². The number of nitriles is 1. The van der Waals surface area contributed by atoms with Gasteiger partial charge in [0.15, 0.2) is 5.11 Å². The van der Waals surface area contributed by atoms with Gasteiger partial charge in [0, 0.05) is 51.2 Å². The van der Waals surface area contributed by atoms with Gasteiger partial charge in [-0.25, -0.2) is 0 Å². The van der Waals surface area contributed by atoms with E-state index in [4.69, 9.17) is 38.0 Å². The van der Waals surface area contributed by atoms with Gasteiger partial charge in [-0.1, -0.05) is 49.7 Å². The Morgan fingerprint density at radius 2 is 1.69 bits per heavy atom. The molecule has 2 aliphatic rings. The van der Waals surface area contributed by atoms with E-state index in [0.717, 1.165) is 34.5 Å². The van der Waals surface area contributed by atoms with Gasteiger partial charge < -0.3 is 39.8 Å². The van der Waals surface area contributed by atoms with E-state index in [1.54, 1.807) is 60.0 Å². The van der Waals surface area contributed by atoms with Gasteiger partial charge in [-0.3, -0.25) is 29.1 Å². The van der Waals surface area contributed by atoms with Crippen LogP contribution in [0.3, 0.4) is 0 Å². The number of thiazole rings is 1. The van der Waals surface area contributed by atoms with Crippen molar-refractivity contribution >= 4 is 75.3 Å². The molecule has 6 rings (SSSR count). The van der Waals surface area contributed by atoms with E-state index >= 15 is 0 Å². The molecule has 3 N–H and O–H groups in total. The minimum Gasteiger partial charge on any atom is -0.494 e. The molecule has 1 aromatic heterocycles. The van der Waals surface area contributed by atoms with Crippen LogP contribution in [0.2, 0.25) is 5.02 Å². The number of rotatable bonds is 21. The summed E-state index contributed by atoms with van der Waals surface area (Å²) in [6.07, 6.45) is 3.16. The second-order valence-corrected chi connectivity index (χ2v) is 18.3. The minimum atomic E-state index is -0.966. The molecular formula is C47H54ClN7O8S2. The number of hydrogen-bond acceptors (Lipinski definition) is 12. The van der Waals surface area contributed by atoms with Crippen LogP contribution in [-0.4, -0.2) is 107 Å². The van der Waals surface area contributed by atoms with Crippen LogP contribution in [0, 0.1) is 17.2 Å². The summed E-state index contributed by atoms with van der Waals surface area (Å²) in [4.78, 5) is 63.1. The summed E-state index contributed by atoms with van der Waals surface area (Å²) in [5.41, 5.74) is 4.26. The number of anilines is 2. The first-order valence-corrected chi connectivity index (χ1v) is 23.2. The monoisotopic (exact) mass is 943 g/mol. The number of likely N-dealkylation sites (tertiary alicyclic amines) is 1. The Bertz CT molecular complexity index is 2340. The molecule has 0 radical (unpaired) electrons. The lowest BCUT2D eigenvalue weighted by Crippen LogP contribution is -2.55. The summed E-state index contributed by atoms with van der Waals surface area (Å²) in [6.45, 7) is 8.99. The molecule has 2 fully saturated rings. The number of hydrogen-bond donors (Lipinski definition) is 3. The molecule has 2 aliphatic heterocycles. The van der Waals surface area contributed by atoms with Gasteiger partial charge in [-0.2, -0.15) is 5.26 Å². The van der Waals surface area contributed by atoms with Gasteiger partial charge in [-0.15, -0.1) is 11.3 Å². The fraction of sp³-hybridized carbons (Fsp3) is 0.426. The normalized spacial score (nSPS) is 17.4. The third-order valence-electron chi connectivity index (χ3n) is 11.1. The van der Waals surface area contributed by atoms with Gasteiger partial charge in [-0.05, 0) is 105 Å². The molecule has 0 bridgehead atoms. The van der Waals surface area contributed by atoms with Crippen LogP contribution in [0.15, 0.2) is 78.4 Å². The number of carbonyl (C=O) groups is 4. The fourth-order valence-corrected chi connectivity index (χ4v) is 8.94. The summed E-state index contributed by atoms with van der Waals surface area (Å²) < 4.78 is 17.2. The van der Waals surface area contributed by atoms with E-state index in [0.29, 0.717) is 48.4 Å². The van der Waals surface area contributed by atoms with Gasteiger partial charge in [0.2, 0.25) is 17.7 Å². The molecular weight excluding hydrogens is 890 g/mol. The maximum atomic E-state index is 13.7. The molecule has 0 aliphatic carbocycles. The van der Waals surface area contributed by atoms with E-state index in [9.17, 15) is 29.5 Å². The van der Waals surface area contributed by atoms with Gasteiger partial charge in [0.05, 0.1) is 39.4 Å². The van der Waals surface area contributed by atoms with E-state index < -0.39 is 35.5 Å². The fourth-order valence-electron chi connectivity index (χ4n) is 7.57. The number of β-amino-alcohol motifs (C(OH)–C–C–N with tert-alkyl or cyclic N) is 1. The number of aliphatic hydroxyl groups is 1. The summed E-state index contributed by atoms with van der Waals surface area (Å²) in [5.74, 6) is -1.07. The van der Waals surface area contributed by atoms with Gasteiger partial charge in [0.1, 0.15) is 36.0 Å². The zero-order valence-corrected chi connectivity index (χ0v) is 39.2. The first-order chi connectivity index (χ1) is 31.2. The lowest BCUT2D eigenvalue weighted by molar-refractivity contribution is -0.143.